The zero-order valence-corrected chi connectivity index (χ0v) is 17.7. The van der Waals surface area contributed by atoms with Gasteiger partial charge in [0.1, 0.15) is 0 Å². The highest BCUT2D eigenvalue weighted by Gasteiger charge is 2.73. The van der Waals surface area contributed by atoms with Crippen molar-refractivity contribution in [3.63, 3.8) is 0 Å². The van der Waals surface area contributed by atoms with Crippen LogP contribution in [0.15, 0.2) is 36.4 Å². The fraction of sp³-hybridized carbons (Fsp3) is 0.375. The van der Waals surface area contributed by atoms with Gasteiger partial charge in [-0.3, -0.25) is 19.2 Å². The number of rotatable bonds is 6. The van der Waals surface area contributed by atoms with E-state index in [0.29, 0.717) is 4.67 Å². The molecule has 7 nitrogen and oxygen atoms in total. The monoisotopic (exact) mass is 461 g/mol. The number of hydrogen-bond acceptors (Lipinski definition) is 4. The number of halogens is 3. The van der Waals surface area contributed by atoms with Gasteiger partial charge in [-0.1, -0.05) is 18.2 Å². The highest BCUT2D eigenvalue weighted by atomic mass is 31.2. The van der Waals surface area contributed by atoms with Crippen LogP contribution in [0.3, 0.4) is 0 Å². The molecule has 2 saturated heterocycles. The largest absolute Gasteiger partial charge is 0.419 e. The van der Waals surface area contributed by atoms with Crippen LogP contribution in [-0.2, 0) is 9.09 Å². The fourth-order valence-corrected chi connectivity index (χ4v) is 6.62. The molecule has 33 heavy (non-hydrogen) atoms. The van der Waals surface area contributed by atoms with Gasteiger partial charge in [0, 0.05) is 12.6 Å². The highest BCUT2D eigenvalue weighted by molar-refractivity contribution is 7.55. The van der Waals surface area contributed by atoms with Crippen molar-refractivity contribution in [2.24, 2.45) is 0 Å². The maximum absolute atomic E-state index is 14.3. The molecule has 3 unspecified atom stereocenters. The Morgan fingerprint density at radius 3 is 1.97 bits per heavy atom. The second-order valence-electron chi connectivity index (χ2n) is 8.01. The Labute approximate surface area is 194 Å². The number of alkyl halides is 3. The number of hydrogen-bond donors (Lipinski definition) is 0. The standard InChI is InChI=1S/C16H9B6F3N3O4P/c17-13(18)7-26(13)33(31,28-15(19,20)16(28,21)22)32-12(14(23,24)25)10-5-6-11(27(29)30)9-4-2-1-3-8(9)10/h1-6,12H,7H2. The topological polar surface area (TPSA) is 75.5 Å². The lowest BCUT2D eigenvalue weighted by Crippen LogP contribution is -2.30. The van der Waals surface area contributed by atoms with E-state index in [9.17, 15) is 27.9 Å². The molecule has 17 heteroatoms. The van der Waals surface area contributed by atoms with Crippen molar-refractivity contribution in [1.29, 1.82) is 0 Å². The summed E-state index contributed by atoms with van der Waals surface area (Å²) in [6.45, 7) is -0.335. The first kappa shape index (κ1) is 24.5. The minimum atomic E-state index is -5.15. The van der Waals surface area contributed by atoms with Gasteiger partial charge >= 0.3 is 13.8 Å². The van der Waals surface area contributed by atoms with Crippen LogP contribution in [0.1, 0.15) is 11.7 Å². The van der Waals surface area contributed by atoms with Crippen molar-refractivity contribution in [3.8, 4) is 0 Å². The van der Waals surface area contributed by atoms with E-state index in [1.807, 2.05) is 0 Å². The van der Waals surface area contributed by atoms with E-state index in [1.54, 1.807) is 0 Å². The van der Waals surface area contributed by atoms with Crippen molar-refractivity contribution in [2.45, 2.75) is 28.3 Å². The van der Waals surface area contributed by atoms with E-state index >= 15 is 0 Å². The van der Waals surface area contributed by atoms with Gasteiger partial charge in [0.05, 0.1) is 57.4 Å². The predicted octanol–water partition coefficient (Wildman–Crippen LogP) is 1.08. The molecule has 0 aromatic heterocycles. The molecular formula is C16H9B6F3N3O4P. The van der Waals surface area contributed by atoms with Gasteiger partial charge in [-0.25, -0.2) is 9.34 Å². The molecule has 2 fully saturated rings. The summed E-state index contributed by atoms with van der Waals surface area (Å²) in [4.78, 5) is 10.6. The van der Waals surface area contributed by atoms with Crippen molar-refractivity contribution >= 4 is 71.2 Å². The molecule has 4 rings (SSSR count). The summed E-state index contributed by atoms with van der Waals surface area (Å²) in [5.41, 5.74) is -0.976. The average molecular weight is 460 g/mol. The van der Waals surface area contributed by atoms with Crippen LogP contribution in [0.5, 0.6) is 0 Å². The van der Waals surface area contributed by atoms with Gasteiger partial charge in [-0.15, -0.1) is 0 Å². The van der Waals surface area contributed by atoms with Gasteiger partial charge in [0.2, 0.25) is 0 Å². The molecule has 0 aliphatic carbocycles. The zero-order valence-electron chi connectivity index (χ0n) is 16.8. The number of non-ortho nitro benzene ring substituents is 1. The van der Waals surface area contributed by atoms with Crippen molar-refractivity contribution in [2.75, 3.05) is 6.54 Å². The minimum Gasteiger partial charge on any atom is -0.288 e. The molecule has 2 heterocycles. The Kier molecular flexibility index (Phi) is 5.35. The van der Waals surface area contributed by atoms with E-state index in [-0.39, 0.29) is 17.3 Å². The molecule has 2 aromatic carbocycles. The molecule has 3 atom stereocenters. The highest BCUT2D eigenvalue weighted by Crippen LogP contribution is 2.74. The molecular weight excluding hydrogens is 451 g/mol. The first-order valence-corrected chi connectivity index (χ1v) is 10.8. The second kappa shape index (κ2) is 7.20. The summed E-state index contributed by atoms with van der Waals surface area (Å²) in [7, 11) is 29.5. The molecule has 0 amide bonds. The lowest BCUT2D eigenvalue weighted by atomic mass is 9.49. The average Bonchev–Trinajstić information content (AvgIpc) is 3.45. The summed E-state index contributed by atoms with van der Waals surface area (Å²) in [6, 6.07) is 7.08. The van der Waals surface area contributed by atoms with E-state index in [2.05, 4.69) is 0 Å². The molecule has 156 valence electrons. The maximum Gasteiger partial charge on any atom is 0.419 e. The molecule has 2 aliphatic heterocycles. The molecule has 0 spiro atoms. The number of nitrogens with zero attached hydrogens (tertiary/aromatic N) is 3. The van der Waals surface area contributed by atoms with Crippen LogP contribution in [0.25, 0.3) is 10.8 Å². The predicted molar refractivity (Wildman–Crippen MR) is 119 cm³/mol. The molecule has 0 N–H and O–H groups in total. The number of fused-ring (bicyclic) bond motifs is 1. The fourth-order valence-electron chi connectivity index (χ4n) is 3.70. The lowest BCUT2D eigenvalue weighted by molar-refractivity contribution is -0.383. The van der Waals surface area contributed by atoms with Crippen LogP contribution in [0.2, 0.25) is 0 Å². The second-order valence-corrected chi connectivity index (χ2v) is 10.1. The molecule has 2 aromatic rings. The van der Waals surface area contributed by atoms with Crippen LogP contribution in [0.4, 0.5) is 18.9 Å². The number of nitro benzene ring substituents is 1. The Bertz CT molecular complexity index is 1200. The van der Waals surface area contributed by atoms with Crippen LogP contribution in [-0.4, -0.2) is 90.1 Å². The summed E-state index contributed by atoms with van der Waals surface area (Å²) in [5, 5.41) is 4.91. The molecule has 0 bridgehead atoms. The molecule has 12 radical (unpaired) electrons. The van der Waals surface area contributed by atoms with Gasteiger partial charge < -0.3 is 0 Å². The SMILES string of the molecule is [B]C1([B])CN1P(=O)(OC(c1ccc([N+](=O)[O-])c2ccccc12)C(F)(F)F)N1C([B])([B])C1([B])[B]. The van der Waals surface area contributed by atoms with Crippen LogP contribution >= 0.6 is 7.67 Å². The summed E-state index contributed by atoms with van der Waals surface area (Å²) >= 11 is 0. The quantitative estimate of drug-likeness (QED) is 0.211. The van der Waals surface area contributed by atoms with E-state index in [0.717, 1.165) is 16.8 Å². The number of nitro groups is 1. The zero-order chi connectivity index (χ0) is 24.8. The summed E-state index contributed by atoms with van der Waals surface area (Å²) < 4.78 is 63.1. The van der Waals surface area contributed by atoms with Crippen molar-refractivity contribution in [1.82, 2.24) is 9.34 Å². The van der Waals surface area contributed by atoms with E-state index in [1.165, 1.54) is 24.3 Å². The van der Waals surface area contributed by atoms with Gasteiger partial charge in [-0.2, -0.15) is 13.2 Å². The number of benzene rings is 2. The Hall–Kier alpha value is -1.61. The van der Waals surface area contributed by atoms with Crippen molar-refractivity contribution in [3.05, 3.63) is 52.1 Å². The third kappa shape index (κ3) is 3.70. The normalized spacial score (nSPS) is 25.7. The lowest BCUT2D eigenvalue weighted by Gasteiger charge is -2.32. The minimum absolute atomic E-state index is 0.0860. The summed E-state index contributed by atoms with van der Waals surface area (Å²) in [5.74, 6) is 0. The molecule has 2 aliphatic rings. The first-order valence-electron chi connectivity index (χ1n) is 9.29. The third-order valence-corrected chi connectivity index (χ3v) is 8.36. The van der Waals surface area contributed by atoms with Crippen molar-refractivity contribution < 1.29 is 27.2 Å². The molecule has 0 saturated carbocycles. The third-order valence-electron chi connectivity index (χ3n) is 5.58. The van der Waals surface area contributed by atoms with Gasteiger partial charge in [-0.05, 0) is 39.1 Å². The van der Waals surface area contributed by atoms with Crippen LogP contribution < -0.4 is 0 Å². The summed E-state index contributed by atoms with van der Waals surface area (Å²) in [6.07, 6.45) is -8.01. The van der Waals surface area contributed by atoms with Gasteiger partial charge in [0.15, 0.2) is 6.10 Å². The smallest absolute Gasteiger partial charge is 0.288 e. The Balaban J connectivity index is 1.87. The van der Waals surface area contributed by atoms with E-state index < -0.39 is 52.1 Å². The maximum atomic E-state index is 14.3. The first-order chi connectivity index (χ1) is 15.0. The Morgan fingerprint density at radius 2 is 1.55 bits per heavy atom. The van der Waals surface area contributed by atoms with Gasteiger partial charge in [0.25, 0.3) is 5.69 Å². The van der Waals surface area contributed by atoms with E-state index in [4.69, 9.17) is 51.6 Å². The van der Waals surface area contributed by atoms with Crippen LogP contribution in [0, 0.1) is 10.1 Å². The Morgan fingerprint density at radius 1 is 1.03 bits per heavy atom.